The number of para-hydroxylation sites is 1. The van der Waals surface area contributed by atoms with Gasteiger partial charge in [0.1, 0.15) is 0 Å². The van der Waals surface area contributed by atoms with Crippen molar-refractivity contribution < 1.29 is 8.42 Å². The summed E-state index contributed by atoms with van der Waals surface area (Å²) in [6, 6.07) is 19.5. The van der Waals surface area contributed by atoms with E-state index in [1.807, 2.05) is 48.5 Å². The highest BCUT2D eigenvalue weighted by Gasteiger charge is 2.34. The lowest BCUT2D eigenvalue weighted by molar-refractivity contribution is 0.252. The predicted octanol–water partition coefficient (Wildman–Crippen LogP) is 5.81. The molecule has 3 aromatic rings. The van der Waals surface area contributed by atoms with Gasteiger partial charge in [-0.25, -0.2) is 8.42 Å². The average molecular weight is 521 g/mol. The smallest absolute Gasteiger partial charge is 0.265 e. The molecule has 2 aliphatic heterocycles. The summed E-state index contributed by atoms with van der Waals surface area (Å²) in [6.07, 6.45) is 4.19. The fraction of sp³-hybridized carbons (Fsp3) is 0.385. The van der Waals surface area contributed by atoms with Crippen LogP contribution in [0.5, 0.6) is 0 Å². The summed E-state index contributed by atoms with van der Waals surface area (Å²) in [5.74, 6) is 0. The van der Waals surface area contributed by atoms with Crippen LogP contribution in [0.3, 0.4) is 0 Å². The summed E-state index contributed by atoms with van der Waals surface area (Å²) >= 11 is 6.34. The van der Waals surface area contributed by atoms with Gasteiger partial charge in [0.2, 0.25) is 0 Å². The molecule has 1 saturated heterocycles. The van der Waals surface area contributed by atoms with Crippen LogP contribution in [-0.2, 0) is 10.0 Å². The van der Waals surface area contributed by atoms with Crippen LogP contribution < -0.4 is 9.21 Å². The molecule has 2 aliphatic rings. The van der Waals surface area contributed by atoms with Crippen LogP contribution in [0.15, 0.2) is 65.6 Å². The van der Waals surface area contributed by atoms with Crippen LogP contribution in [0.25, 0.3) is 10.8 Å². The van der Waals surface area contributed by atoms with Crippen LogP contribution >= 0.6 is 24.0 Å². The molecule has 0 aromatic heterocycles. The van der Waals surface area contributed by atoms with Crippen molar-refractivity contribution in [2.24, 2.45) is 0 Å². The first-order chi connectivity index (χ1) is 16.1. The first-order valence-electron chi connectivity index (χ1n) is 11.8. The monoisotopic (exact) mass is 519 g/mol. The molecule has 0 unspecified atom stereocenters. The summed E-state index contributed by atoms with van der Waals surface area (Å²) < 4.78 is 27.7. The standard InChI is InChI=1S/C26H30ClN3O2S.ClH/c27-22-11-3-4-12-23(22)29-19-17-28(18-20-29)15-5-1-2-6-16-30-24-13-7-9-21-10-8-14-25(26(21)24)33(30,31)32;/h3-4,7-14H,1-2,5-6,15-20H2;1H. The number of nitrogens with zero attached hydrogens (tertiary/aromatic N) is 3. The van der Waals surface area contributed by atoms with Crippen LogP contribution in [0.2, 0.25) is 5.02 Å². The number of hydrogen-bond acceptors (Lipinski definition) is 4. The Morgan fingerprint density at radius 2 is 1.38 bits per heavy atom. The van der Waals surface area contributed by atoms with E-state index in [2.05, 4.69) is 15.9 Å². The van der Waals surface area contributed by atoms with Crippen LogP contribution in [-0.4, -0.2) is 52.6 Å². The molecule has 0 N–H and O–H groups in total. The predicted molar refractivity (Wildman–Crippen MR) is 144 cm³/mol. The van der Waals surface area contributed by atoms with E-state index in [1.54, 1.807) is 10.4 Å². The van der Waals surface area contributed by atoms with Crippen molar-refractivity contribution in [3.05, 3.63) is 65.7 Å². The Kier molecular flexibility index (Phi) is 7.93. The lowest BCUT2D eigenvalue weighted by Gasteiger charge is -2.36. The van der Waals surface area contributed by atoms with Gasteiger partial charge in [0.05, 0.1) is 21.3 Å². The first kappa shape index (κ1) is 25.1. The molecular weight excluding hydrogens is 489 g/mol. The maximum absolute atomic E-state index is 13.0. The summed E-state index contributed by atoms with van der Waals surface area (Å²) in [7, 11) is -3.43. The summed E-state index contributed by atoms with van der Waals surface area (Å²) in [4.78, 5) is 5.34. The van der Waals surface area contributed by atoms with Gasteiger partial charge in [-0.3, -0.25) is 9.21 Å². The van der Waals surface area contributed by atoms with Crippen molar-refractivity contribution in [2.75, 3.05) is 48.5 Å². The largest absolute Gasteiger partial charge is 0.368 e. The number of rotatable bonds is 8. The Balaban J connectivity index is 0.00000274. The highest BCUT2D eigenvalue weighted by Crippen LogP contribution is 2.42. The second kappa shape index (κ2) is 10.7. The second-order valence-electron chi connectivity index (χ2n) is 8.90. The molecule has 34 heavy (non-hydrogen) atoms. The summed E-state index contributed by atoms with van der Waals surface area (Å²) in [5, 5.41) is 2.69. The highest BCUT2D eigenvalue weighted by atomic mass is 35.5. The van der Waals surface area contributed by atoms with Gasteiger partial charge in [-0.05, 0) is 49.0 Å². The fourth-order valence-electron chi connectivity index (χ4n) is 5.06. The molecule has 0 bridgehead atoms. The van der Waals surface area contributed by atoms with Crippen LogP contribution in [0, 0.1) is 0 Å². The van der Waals surface area contributed by atoms with Gasteiger partial charge >= 0.3 is 0 Å². The van der Waals surface area contributed by atoms with E-state index in [-0.39, 0.29) is 12.4 Å². The maximum Gasteiger partial charge on any atom is 0.265 e. The minimum absolute atomic E-state index is 0. The van der Waals surface area contributed by atoms with Gasteiger partial charge in [0, 0.05) is 38.1 Å². The SMILES string of the molecule is Cl.O=S1(=O)c2cccc3cccc(c23)N1CCCCCCN1CCN(c2ccccc2Cl)CC1. The number of hydrogen-bond donors (Lipinski definition) is 0. The molecule has 1 fully saturated rings. The normalized spacial score (nSPS) is 17.2. The van der Waals surface area contributed by atoms with Crippen molar-refractivity contribution in [1.82, 2.24) is 4.90 Å². The zero-order chi connectivity index (χ0) is 22.8. The minimum atomic E-state index is -3.43. The number of piperazine rings is 1. The van der Waals surface area contributed by atoms with Crippen molar-refractivity contribution in [1.29, 1.82) is 0 Å². The molecule has 0 aliphatic carbocycles. The van der Waals surface area contributed by atoms with Gasteiger partial charge in [-0.15, -0.1) is 12.4 Å². The second-order valence-corrected chi connectivity index (χ2v) is 11.1. The molecule has 5 rings (SSSR count). The van der Waals surface area contributed by atoms with Crippen molar-refractivity contribution in [3.8, 4) is 0 Å². The maximum atomic E-state index is 13.0. The van der Waals surface area contributed by atoms with E-state index >= 15 is 0 Å². The average Bonchev–Trinajstić information content (AvgIpc) is 3.05. The molecule has 0 amide bonds. The Labute approximate surface area is 213 Å². The van der Waals surface area contributed by atoms with Gasteiger partial charge in [-0.1, -0.05) is 60.8 Å². The third-order valence-electron chi connectivity index (χ3n) is 6.83. The third-order valence-corrected chi connectivity index (χ3v) is 9.01. The van der Waals surface area contributed by atoms with E-state index in [4.69, 9.17) is 11.6 Å². The lowest BCUT2D eigenvalue weighted by Crippen LogP contribution is -2.46. The van der Waals surface area contributed by atoms with Crippen LogP contribution in [0.1, 0.15) is 25.7 Å². The first-order valence-corrected chi connectivity index (χ1v) is 13.6. The van der Waals surface area contributed by atoms with Crippen molar-refractivity contribution in [2.45, 2.75) is 30.6 Å². The minimum Gasteiger partial charge on any atom is -0.368 e. The molecule has 0 radical (unpaired) electrons. The van der Waals surface area contributed by atoms with E-state index < -0.39 is 10.0 Å². The molecule has 3 aromatic carbocycles. The Morgan fingerprint density at radius 1 is 0.735 bits per heavy atom. The molecule has 2 heterocycles. The van der Waals surface area contributed by atoms with Crippen molar-refractivity contribution in [3.63, 3.8) is 0 Å². The van der Waals surface area contributed by atoms with Gasteiger partial charge in [-0.2, -0.15) is 0 Å². The molecule has 0 atom stereocenters. The highest BCUT2D eigenvalue weighted by molar-refractivity contribution is 7.93. The van der Waals surface area contributed by atoms with Crippen LogP contribution in [0.4, 0.5) is 11.4 Å². The Morgan fingerprint density at radius 3 is 2.12 bits per heavy atom. The Bertz CT molecular complexity index is 1240. The van der Waals surface area contributed by atoms with Gasteiger partial charge < -0.3 is 4.90 Å². The number of benzene rings is 3. The molecule has 0 spiro atoms. The lowest BCUT2D eigenvalue weighted by atomic mass is 10.1. The molecular formula is C26H31Cl2N3O2S. The molecule has 182 valence electrons. The molecule has 8 heteroatoms. The van der Waals surface area contributed by atoms with E-state index in [1.165, 1.54) is 0 Å². The number of anilines is 2. The zero-order valence-electron chi connectivity index (χ0n) is 19.2. The quantitative estimate of drug-likeness (QED) is 0.352. The Hall–Kier alpha value is -1.99. The number of unbranched alkanes of at least 4 members (excludes halogenated alkanes) is 3. The fourth-order valence-corrected chi connectivity index (χ4v) is 7.07. The van der Waals surface area contributed by atoms with Gasteiger partial charge in [0.25, 0.3) is 10.0 Å². The number of sulfonamides is 1. The van der Waals surface area contributed by atoms with E-state index in [0.29, 0.717) is 11.4 Å². The van der Waals surface area contributed by atoms with E-state index in [9.17, 15) is 8.42 Å². The summed E-state index contributed by atoms with van der Waals surface area (Å²) in [5.41, 5.74) is 1.97. The molecule has 0 saturated carbocycles. The third kappa shape index (κ3) is 4.87. The molecule has 5 nitrogen and oxygen atoms in total. The van der Waals surface area contributed by atoms with Gasteiger partial charge in [0.15, 0.2) is 0 Å². The summed E-state index contributed by atoms with van der Waals surface area (Å²) in [6.45, 7) is 5.76. The van der Waals surface area contributed by atoms with E-state index in [0.717, 1.165) is 85.6 Å². The topological polar surface area (TPSA) is 43.9 Å². The number of halogens is 2. The zero-order valence-corrected chi connectivity index (χ0v) is 21.6. The van der Waals surface area contributed by atoms with Crippen molar-refractivity contribution >= 4 is 56.2 Å².